The summed E-state index contributed by atoms with van der Waals surface area (Å²) < 4.78 is 5.42. The molecule has 4 nitrogen and oxygen atoms in total. The Kier molecular flexibility index (Phi) is 2.52. The molecule has 1 heterocycles. The predicted molar refractivity (Wildman–Crippen MR) is 62.5 cm³/mol. The minimum atomic E-state index is -0.918. The second-order valence-corrected chi connectivity index (χ2v) is 4.46. The molecule has 0 aliphatic carbocycles. The third-order valence-electron chi connectivity index (χ3n) is 2.69. The first-order valence-electron chi connectivity index (χ1n) is 5.18. The van der Waals surface area contributed by atoms with Crippen LogP contribution in [0.3, 0.4) is 0 Å². The summed E-state index contributed by atoms with van der Waals surface area (Å²) in [5, 5.41) is 12.4. The highest BCUT2D eigenvalue weighted by Gasteiger charge is 2.40. The molecule has 16 heavy (non-hydrogen) atoms. The lowest BCUT2D eigenvalue weighted by molar-refractivity contribution is -0.114. The molecule has 0 aromatic heterocycles. The minimum Gasteiger partial charge on any atom is -0.423 e. The summed E-state index contributed by atoms with van der Waals surface area (Å²) in [6.07, 6.45) is 0. The van der Waals surface area contributed by atoms with Gasteiger partial charge in [0.15, 0.2) is 0 Å². The Morgan fingerprint density at radius 1 is 1.50 bits per heavy atom. The molecule has 0 bridgehead atoms. The Hall–Kier alpha value is -1.33. The molecule has 0 fully saturated rings. The Labute approximate surface area is 94.8 Å². The van der Waals surface area contributed by atoms with Gasteiger partial charge in [-0.1, -0.05) is 6.07 Å². The van der Waals surface area contributed by atoms with Gasteiger partial charge < -0.3 is 15.0 Å². The summed E-state index contributed by atoms with van der Waals surface area (Å²) in [4.78, 5) is 10.9. The van der Waals surface area contributed by atoms with Crippen molar-refractivity contribution in [2.45, 2.75) is 26.4 Å². The number of anilines is 1. The molecule has 1 aliphatic rings. The topological polar surface area (TPSA) is 58.6 Å². The van der Waals surface area contributed by atoms with Crippen molar-refractivity contribution in [1.82, 2.24) is 0 Å². The highest BCUT2D eigenvalue weighted by Crippen LogP contribution is 2.30. The standard InChI is InChI=1S/C11H14BNO3/c1-7(14)13-8-4-5-9-10(6-8)12(15)16-11(9,2)3/h4-6,15H,1-3H3,(H,13,14). The Balaban J connectivity index is 2.40. The average molecular weight is 219 g/mol. The molecular weight excluding hydrogens is 205 g/mol. The van der Waals surface area contributed by atoms with Crippen molar-refractivity contribution in [3.05, 3.63) is 23.8 Å². The number of carbonyl (C=O) groups is 1. The van der Waals surface area contributed by atoms with E-state index in [1.165, 1.54) is 6.92 Å². The van der Waals surface area contributed by atoms with Crippen LogP contribution in [0, 0.1) is 0 Å². The third kappa shape index (κ3) is 1.84. The van der Waals surface area contributed by atoms with Gasteiger partial charge in [-0.25, -0.2) is 0 Å². The van der Waals surface area contributed by atoms with E-state index in [4.69, 9.17) is 4.65 Å². The van der Waals surface area contributed by atoms with Crippen LogP contribution in [0.4, 0.5) is 5.69 Å². The van der Waals surface area contributed by atoms with Crippen LogP contribution in [0.15, 0.2) is 18.2 Å². The fourth-order valence-corrected chi connectivity index (χ4v) is 2.00. The Morgan fingerprint density at radius 2 is 2.19 bits per heavy atom. The van der Waals surface area contributed by atoms with Gasteiger partial charge >= 0.3 is 7.12 Å². The average Bonchev–Trinajstić information content (AvgIpc) is 2.36. The van der Waals surface area contributed by atoms with E-state index in [1.54, 1.807) is 6.07 Å². The zero-order valence-corrected chi connectivity index (χ0v) is 9.57. The maximum Gasteiger partial charge on any atom is 0.492 e. The van der Waals surface area contributed by atoms with Gasteiger partial charge in [0.25, 0.3) is 0 Å². The fourth-order valence-electron chi connectivity index (χ4n) is 2.00. The first-order chi connectivity index (χ1) is 7.40. The van der Waals surface area contributed by atoms with E-state index in [9.17, 15) is 9.82 Å². The lowest BCUT2D eigenvalue weighted by Crippen LogP contribution is -2.29. The number of amides is 1. The molecule has 2 rings (SSSR count). The smallest absolute Gasteiger partial charge is 0.423 e. The van der Waals surface area contributed by atoms with Crippen LogP contribution in [-0.4, -0.2) is 18.0 Å². The summed E-state index contributed by atoms with van der Waals surface area (Å²) in [5.74, 6) is -0.132. The van der Waals surface area contributed by atoms with Crippen molar-refractivity contribution in [2.24, 2.45) is 0 Å². The molecule has 2 N–H and O–H groups in total. The van der Waals surface area contributed by atoms with Gasteiger partial charge in [-0.2, -0.15) is 0 Å². The SMILES string of the molecule is CC(=O)Nc1ccc2c(c1)B(O)OC2(C)C. The van der Waals surface area contributed by atoms with Crippen LogP contribution in [0.2, 0.25) is 0 Å². The lowest BCUT2D eigenvalue weighted by Gasteiger charge is -2.19. The number of benzene rings is 1. The van der Waals surface area contributed by atoms with Gasteiger partial charge in [-0.3, -0.25) is 4.79 Å². The first-order valence-corrected chi connectivity index (χ1v) is 5.18. The largest absolute Gasteiger partial charge is 0.492 e. The molecule has 84 valence electrons. The molecule has 0 atom stereocenters. The zero-order valence-electron chi connectivity index (χ0n) is 9.57. The van der Waals surface area contributed by atoms with Gasteiger partial charge in [-0.05, 0) is 37.0 Å². The van der Waals surface area contributed by atoms with Crippen LogP contribution >= 0.6 is 0 Å². The number of rotatable bonds is 1. The van der Waals surface area contributed by atoms with Crippen molar-refractivity contribution >= 4 is 24.2 Å². The van der Waals surface area contributed by atoms with Crippen molar-refractivity contribution in [3.63, 3.8) is 0 Å². The second kappa shape index (κ2) is 3.61. The highest BCUT2D eigenvalue weighted by atomic mass is 16.5. The first kappa shape index (κ1) is 11.2. The van der Waals surface area contributed by atoms with Crippen molar-refractivity contribution < 1.29 is 14.5 Å². The lowest BCUT2D eigenvalue weighted by atomic mass is 9.78. The number of hydrogen-bond acceptors (Lipinski definition) is 3. The van der Waals surface area contributed by atoms with E-state index in [2.05, 4.69) is 5.32 Å². The maximum atomic E-state index is 10.9. The number of nitrogens with one attached hydrogen (secondary N) is 1. The Bertz CT molecular complexity index is 445. The molecule has 0 saturated heterocycles. The van der Waals surface area contributed by atoms with Crippen molar-refractivity contribution in [2.75, 3.05) is 5.32 Å². The fraction of sp³-hybridized carbons (Fsp3) is 0.364. The van der Waals surface area contributed by atoms with E-state index in [0.717, 1.165) is 11.0 Å². The van der Waals surface area contributed by atoms with Crippen LogP contribution in [0.25, 0.3) is 0 Å². The molecule has 1 aromatic rings. The number of fused-ring (bicyclic) bond motifs is 1. The highest BCUT2D eigenvalue weighted by molar-refractivity contribution is 6.62. The van der Waals surface area contributed by atoms with Crippen LogP contribution in [-0.2, 0) is 15.0 Å². The van der Waals surface area contributed by atoms with Crippen molar-refractivity contribution in [1.29, 1.82) is 0 Å². The molecule has 1 amide bonds. The van der Waals surface area contributed by atoms with Gasteiger partial charge in [0.1, 0.15) is 0 Å². The molecule has 0 radical (unpaired) electrons. The van der Waals surface area contributed by atoms with Crippen LogP contribution < -0.4 is 10.8 Å². The second-order valence-electron chi connectivity index (χ2n) is 4.46. The molecule has 0 spiro atoms. The van der Waals surface area contributed by atoms with E-state index in [-0.39, 0.29) is 5.91 Å². The van der Waals surface area contributed by atoms with Crippen LogP contribution in [0.1, 0.15) is 26.3 Å². The normalized spacial score (nSPS) is 17.1. The van der Waals surface area contributed by atoms with E-state index in [0.29, 0.717) is 5.69 Å². The van der Waals surface area contributed by atoms with Crippen LogP contribution in [0.5, 0.6) is 0 Å². The molecule has 0 unspecified atom stereocenters. The third-order valence-corrected chi connectivity index (χ3v) is 2.69. The molecule has 1 aromatic carbocycles. The van der Waals surface area contributed by atoms with Gasteiger partial charge in [0, 0.05) is 12.6 Å². The summed E-state index contributed by atoms with van der Waals surface area (Å²) in [6.45, 7) is 5.25. The summed E-state index contributed by atoms with van der Waals surface area (Å²) in [7, 11) is -0.918. The number of carbonyl (C=O) groups excluding carboxylic acids is 1. The molecule has 1 aliphatic heterocycles. The van der Waals surface area contributed by atoms with E-state index >= 15 is 0 Å². The van der Waals surface area contributed by atoms with Gasteiger partial charge in [-0.15, -0.1) is 0 Å². The minimum absolute atomic E-state index is 0.132. The predicted octanol–water partition coefficient (Wildman–Crippen LogP) is 0.598. The van der Waals surface area contributed by atoms with Gasteiger partial charge in [0.2, 0.25) is 5.91 Å². The maximum absolute atomic E-state index is 10.9. The summed E-state index contributed by atoms with van der Waals surface area (Å²) in [6, 6.07) is 5.43. The van der Waals surface area contributed by atoms with Crippen molar-refractivity contribution in [3.8, 4) is 0 Å². The molecule has 5 heteroatoms. The quantitative estimate of drug-likeness (QED) is 0.680. The number of hydrogen-bond donors (Lipinski definition) is 2. The van der Waals surface area contributed by atoms with E-state index in [1.807, 2.05) is 26.0 Å². The van der Waals surface area contributed by atoms with E-state index < -0.39 is 12.7 Å². The zero-order chi connectivity index (χ0) is 11.9. The summed E-state index contributed by atoms with van der Waals surface area (Å²) in [5.41, 5.74) is 1.86. The van der Waals surface area contributed by atoms with Gasteiger partial charge in [0.05, 0.1) is 5.60 Å². The monoisotopic (exact) mass is 219 g/mol. The Morgan fingerprint density at radius 3 is 2.81 bits per heavy atom. The molecule has 0 saturated carbocycles. The molecular formula is C11H14BNO3. The summed E-state index contributed by atoms with van der Waals surface area (Å²) >= 11 is 0.